The van der Waals surface area contributed by atoms with Gasteiger partial charge in [-0.3, -0.25) is 9.59 Å². The van der Waals surface area contributed by atoms with E-state index in [-0.39, 0.29) is 23.8 Å². The Labute approximate surface area is 153 Å². The predicted octanol–water partition coefficient (Wildman–Crippen LogP) is 1.08. The molecule has 1 aromatic carbocycles. The van der Waals surface area contributed by atoms with E-state index in [1.54, 1.807) is 31.4 Å². The maximum atomic E-state index is 12.6. The van der Waals surface area contributed by atoms with Crippen molar-refractivity contribution in [3.63, 3.8) is 0 Å². The van der Waals surface area contributed by atoms with Gasteiger partial charge in [-0.2, -0.15) is 0 Å². The number of nitrogens with zero attached hydrogens (tertiary/aromatic N) is 1. The lowest BCUT2D eigenvalue weighted by atomic mass is 9.95. The zero-order valence-electron chi connectivity index (χ0n) is 15.1. The highest BCUT2D eigenvalue weighted by Gasteiger charge is 2.28. The molecular formula is C19H26N2O5. The van der Waals surface area contributed by atoms with E-state index in [1.165, 1.54) is 0 Å². The maximum Gasteiger partial charge on any atom is 0.253 e. The molecule has 2 aliphatic rings. The molecule has 0 aliphatic carbocycles. The highest BCUT2D eigenvalue weighted by Crippen LogP contribution is 2.20. The summed E-state index contributed by atoms with van der Waals surface area (Å²) < 4.78 is 16.0. The van der Waals surface area contributed by atoms with E-state index >= 15 is 0 Å². The van der Waals surface area contributed by atoms with Crippen LogP contribution in [0.4, 0.5) is 0 Å². The summed E-state index contributed by atoms with van der Waals surface area (Å²) in [6.45, 7) is 3.37. The fourth-order valence-electron chi connectivity index (χ4n) is 3.27. The molecule has 7 heteroatoms. The van der Waals surface area contributed by atoms with Crippen LogP contribution in [0.25, 0.3) is 0 Å². The standard InChI is InChI=1S/C19H26N2O5/c1-24-16-4-2-15(3-5-16)19(23)21-8-6-14(7-9-21)18(22)20-12-17-13-25-10-11-26-17/h2-5,14,17H,6-13H2,1H3,(H,20,22)/t17-/m0/s1. The maximum absolute atomic E-state index is 12.6. The van der Waals surface area contributed by atoms with E-state index in [0.29, 0.717) is 57.9 Å². The van der Waals surface area contributed by atoms with Crippen molar-refractivity contribution in [1.82, 2.24) is 10.2 Å². The monoisotopic (exact) mass is 362 g/mol. The van der Waals surface area contributed by atoms with Crippen LogP contribution < -0.4 is 10.1 Å². The third-order valence-electron chi connectivity index (χ3n) is 4.88. The molecule has 0 spiro atoms. The fraction of sp³-hybridized carbons (Fsp3) is 0.579. The second-order valence-electron chi connectivity index (χ2n) is 6.61. The van der Waals surface area contributed by atoms with Crippen LogP contribution in [0.5, 0.6) is 5.75 Å². The van der Waals surface area contributed by atoms with Gasteiger partial charge in [-0.15, -0.1) is 0 Å². The summed E-state index contributed by atoms with van der Waals surface area (Å²) in [5, 5.41) is 2.95. The molecule has 1 N–H and O–H groups in total. The number of amides is 2. The number of piperidine rings is 1. The Morgan fingerprint density at radius 2 is 1.92 bits per heavy atom. The average Bonchev–Trinajstić information content (AvgIpc) is 2.72. The summed E-state index contributed by atoms with van der Waals surface area (Å²) in [7, 11) is 1.60. The molecule has 0 saturated carbocycles. The van der Waals surface area contributed by atoms with E-state index in [9.17, 15) is 9.59 Å². The Balaban J connectivity index is 1.44. The molecule has 2 fully saturated rings. The smallest absolute Gasteiger partial charge is 0.253 e. The molecule has 0 aromatic heterocycles. The van der Waals surface area contributed by atoms with Crippen LogP contribution in [-0.2, 0) is 14.3 Å². The molecule has 26 heavy (non-hydrogen) atoms. The van der Waals surface area contributed by atoms with Crippen molar-refractivity contribution in [1.29, 1.82) is 0 Å². The number of hydrogen-bond acceptors (Lipinski definition) is 5. The van der Waals surface area contributed by atoms with E-state index in [0.717, 1.165) is 5.75 Å². The van der Waals surface area contributed by atoms with Crippen molar-refractivity contribution < 1.29 is 23.8 Å². The Morgan fingerprint density at radius 1 is 1.19 bits per heavy atom. The summed E-state index contributed by atoms with van der Waals surface area (Å²) in [6, 6.07) is 7.10. The van der Waals surface area contributed by atoms with Gasteiger partial charge in [0.05, 0.1) is 33.0 Å². The van der Waals surface area contributed by atoms with Crippen LogP contribution in [0.1, 0.15) is 23.2 Å². The van der Waals surface area contributed by atoms with Gasteiger partial charge in [0.2, 0.25) is 5.91 Å². The highest BCUT2D eigenvalue weighted by molar-refractivity contribution is 5.94. The zero-order chi connectivity index (χ0) is 18.4. The normalized spacial score (nSPS) is 21.3. The van der Waals surface area contributed by atoms with Crippen LogP contribution in [0.15, 0.2) is 24.3 Å². The van der Waals surface area contributed by atoms with E-state index in [2.05, 4.69) is 5.32 Å². The minimum atomic E-state index is -0.0653. The number of methoxy groups -OCH3 is 1. The predicted molar refractivity (Wildman–Crippen MR) is 95.2 cm³/mol. The number of ether oxygens (including phenoxy) is 3. The molecule has 7 nitrogen and oxygen atoms in total. The van der Waals surface area contributed by atoms with Crippen molar-refractivity contribution in [2.45, 2.75) is 18.9 Å². The number of nitrogens with one attached hydrogen (secondary N) is 1. The molecule has 2 amide bonds. The molecule has 1 atom stereocenters. The first kappa shape index (κ1) is 18.7. The summed E-state index contributed by atoms with van der Waals surface area (Å²) in [6.07, 6.45) is 1.29. The van der Waals surface area contributed by atoms with Crippen molar-refractivity contribution in [3.8, 4) is 5.75 Å². The number of carbonyl (C=O) groups excluding carboxylic acids is 2. The molecule has 0 bridgehead atoms. The topological polar surface area (TPSA) is 77.1 Å². The SMILES string of the molecule is COc1ccc(C(=O)N2CCC(C(=O)NC[C@H]3COCCO3)CC2)cc1. The molecule has 2 saturated heterocycles. The number of rotatable bonds is 5. The lowest BCUT2D eigenvalue weighted by Crippen LogP contribution is -2.45. The van der Waals surface area contributed by atoms with Crippen molar-refractivity contribution in [2.24, 2.45) is 5.92 Å². The minimum Gasteiger partial charge on any atom is -0.497 e. The molecule has 2 heterocycles. The van der Waals surface area contributed by atoms with E-state index in [4.69, 9.17) is 14.2 Å². The van der Waals surface area contributed by atoms with Gasteiger partial charge in [-0.25, -0.2) is 0 Å². The van der Waals surface area contributed by atoms with Crippen LogP contribution in [0, 0.1) is 5.92 Å². The van der Waals surface area contributed by atoms with Gasteiger partial charge in [-0.05, 0) is 37.1 Å². The summed E-state index contributed by atoms with van der Waals surface area (Å²) in [4.78, 5) is 26.7. The largest absolute Gasteiger partial charge is 0.497 e. The highest BCUT2D eigenvalue weighted by atomic mass is 16.6. The molecular weight excluding hydrogens is 336 g/mol. The Morgan fingerprint density at radius 3 is 2.54 bits per heavy atom. The van der Waals surface area contributed by atoms with Crippen LogP contribution in [0.2, 0.25) is 0 Å². The minimum absolute atomic E-state index is 0.000680. The molecule has 0 unspecified atom stereocenters. The number of benzene rings is 1. The van der Waals surface area contributed by atoms with Crippen LogP contribution in [-0.4, -0.2) is 69.4 Å². The average molecular weight is 362 g/mol. The lowest BCUT2D eigenvalue weighted by Gasteiger charge is -2.32. The van der Waals surface area contributed by atoms with Gasteiger partial charge in [-0.1, -0.05) is 0 Å². The third kappa shape index (κ3) is 4.74. The quantitative estimate of drug-likeness (QED) is 0.848. The zero-order valence-corrected chi connectivity index (χ0v) is 15.1. The summed E-state index contributed by atoms with van der Waals surface area (Å²) in [5.41, 5.74) is 0.642. The van der Waals surface area contributed by atoms with E-state index in [1.807, 2.05) is 4.90 Å². The molecule has 3 rings (SSSR count). The first-order valence-corrected chi connectivity index (χ1v) is 9.07. The summed E-state index contributed by atoms with van der Waals surface area (Å²) >= 11 is 0. The van der Waals surface area contributed by atoms with E-state index < -0.39 is 0 Å². The van der Waals surface area contributed by atoms with Gasteiger partial charge in [0, 0.05) is 31.1 Å². The molecule has 142 valence electrons. The first-order valence-electron chi connectivity index (χ1n) is 9.07. The van der Waals surface area contributed by atoms with Gasteiger partial charge in [0.1, 0.15) is 5.75 Å². The van der Waals surface area contributed by atoms with Gasteiger partial charge >= 0.3 is 0 Å². The van der Waals surface area contributed by atoms with Crippen molar-refractivity contribution in [2.75, 3.05) is 46.6 Å². The fourth-order valence-corrected chi connectivity index (χ4v) is 3.27. The second-order valence-corrected chi connectivity index (χ2v) is 6.61. The number of carbonyl (C=O) groups is 2. The van der Waals surface area contributed by atoms with Gasteiger partial charge < -0.3 is 24.4 Å². The third-order valence-corrected chi connectivity index (χ3v) is 4.88. The van der Waals surface area contributed by atoms with Gasteiger partial charge in [0.15, 0.2) is 0 Å². The number of hydrogen-bond donors (Lipinski definition) is 1. The van der Waals surface area contributed by atoms with Crippen LogP contribution >= 0.6 is 0 Å². The van der Waals surface area contributed by atoms with Crippen LogP contribution in [0.3, 0.4) is 0 Å². The summed E-state index contributed by atoms with van der Waals surface area (Å²) in [5.74, 6) is 0.707. The molecule has 2 aliphatic heterocycles. The van der Waals surface area contributed by atoms with Gasteiger partial charge in [0.25, 0.3) is 5.91 Å². The lowest BCUT2D eigenvalue weighted by molar-refractivity contribution is -0.128. The second kappa shape index (κ2) is 9.00. The Hall–Kier alpha value is -2.12. The van der Waals surface area contributed by atoms with Crippen molar-refractivity contribution >= 4 is 11.8 Å². The Bertz CT molecular complexity index is 605. The van der Waals surface area contributed by atoms with Crippen molar-refractivity contribution in [3.05, 3.63) is 29.8 Å². The Kier molecular flexibility index (Phi) is 6.46. The molecule has 1 aromatic rings. The molecule has 0 radical (unpaired) electrons. The number of likely N-dealkylation sites (tertiary alicyclic amines) is 1. The first-order chi connectivity index (χ1) is 12.7.